The molecule has 1 N–H and O–H groups in total. The van der Waals surface area contributed by atoms with E-state index in [0.29, 0.717) is 29.6 Å². The molecule has 2 aromatic rings. The van der Waals surface area contributed by atoms with Crippen molar-refractivity contribution in [2.24, 2.45) is 0 Å². The summed E-state index contributed by atoms with van der Waals surface area (Å²) in [5.41, 5.74) is 1.57. The van der Waals surface area contributed by atoms with Crippen molar-refractivity contribution in [2.45, 2.75) is 6.42 Å². The van der Waals surface area contributed by atoms with E-state index < -0.39 is 0 Å². The Morgan fingerprint density at radius 1 is 1.08 bits per heavy atom. The molecular formula is C18H19N3O2S. The maximum Gasteiger partial charge on any atom is 0.178 e. The SMILES string of the molecule is COc1ccccc1NC(=S)N(CCC#N)c1ccccc1OC. The van der Waals surface area contributed by atoms with Gasteiger partial charge < -0.3 is 19.7 Å². The lowest BCUT2D eigenvalue weighted by Gasteiger charge is -2.27. The third kappa shape index (κ3) is 4.15. The highest BCUT2D eigenvalue weighted by atomic mass is 32.1. The Hall–Kier alpha value is -2.78. The molecule has 0 aliphatic heterocycles. The number of nitrogens with one attached hydrogen (secondary N) is 1. The van der Waals surface area contributed by atoms with Gasteiger partial charge >= 0.3 is 0 Å². The van der Waals surface area contributed by atoms with Gasteiger partial charge in [-0.05, 0) is 36.5 Å². The van der Waals surface area contributed by atoms with Crippen molar-refractivity contribution < 1.29 is 9.47 Å². The van der Waals surface area contributed by atoms with Crippen LogP contribution in [0.5, 0.6) is 11.5 Å². The van der Waals surface area contributed by atoms with Crippen LogP contribution in [-0.4, -0.2) is 25.9 Å². The predicted octanol–water partition coefficient (Wildman–Crippen LogP) is 3.82. The van der Waals surface area contributed by atoms with Crippen molar-refractivity contribution >= 4 is 28.7 Å². The van der Waals surface area contributed by atoms with Gasteiger partial charge in [0, 0.05) is 6.54 Å². The van der Waals surface area contributed by atoms with E-state index in [2.05, 4.69) is 11.4 Å². The summed E-state index contributed by atoms with van der Waals surface area (Å²) in [7, 11) is 3.22. The van der Waals surface area contributed by atoms with Crippen LogP contribution in [0.25, 0.3) is 0 Å². The number of anilines is 2. The minimum Gasteiger partial charge on any atom is -0.495 e. The van der Waals surface area contributed by atoms with Crippen LogP contribution in [0.3, 0.4) is 0 Å². The molecule has 0 saturated heterocycles. The minimum absolute atomic E-state index is 0.339. The average Bonchev–Trinajstić information content (AvgIpc) is 2.63. The largest absolute Gasteiger partial charge is 0.495 e. The standard InChI is InChI=1S/C18H19N3O2S/c1-22-16-10-5-3-8-14(16)20-18(24)21(13-7-12-19)15-9-4-6-11-17(15)23-2/h3-6,8-11H,7,13H2,1-2H3,(H,20,24). The van der Waals surface area contributed by atoms with Gasteiger partial charge in [-0.25, -0.2) is 0 Å². The number of rotatable bonds is 6. The van der Waals surface area contributed by atoms with E-state index in [4.69, 9.17) is 27.0 Å². The first-order valence-corrected chi connectivity index (χ1v) is 7.83. The Bertz CT molecular complexity index is 743. The summed E-state index contributed by atoms with van der Waals surface area (Å²) < 4.78 is 10.8. The molecule has 0 unspecified atom stereocenters. The molecule has 2 rings (SSSR count). The number of hydrogen-bond acceptors (Lipinski definition) is 4. The zero-order valence-corrected chi connectivity index (χ0v) is 14.5. The number of hydrogen-bond donors (Lipinski definition) is 1. The van der Waals surface area contributed by atoms with E-state index in [1.54, 1.807) is 14.2 Å². The second-order valence-corrected chi connectivity index (χ2v) is 5.25. The van der Waals surface area contributed by atoms with Crippen LogP contribution in [0.2, 0.25) is 0 Å². The third-order valence-electron chi connectivity index (χ3n) is 3.42. The van der Waals surface area contributed by atoms with Crippen molar-refractivity contribution in [3.63, 3.8) is 0 Å². The lowest BCUT2D eigenvalue weighted by atomic mass is 10.2. The lowest BCUT2D eigenvalue weighted by Crippen LogP contribution is -2.35. The van der Waals surface area contributed by atoms with Crippen molar-refractivity contribution in [3.8, 4) is 17.6 Å². The maximum absolute atomic E-state index is 8.95. The molecule has 6 heteroatoms. The smallest absolute Gasteiger partial charge is 0.178 e. The molecule has 0 amide bonds. The van der Waals surface area contributed by atoms with Gasteiger partial charge in [0.15, 0.2) is 5.11 Å². The molecular weight excluding hydrogens is 322 g/mol. The van der Waals surface area contributed by atoms with E-state index >= 15 is 0 Å². The zero-order chi connectivity index (χ0) is 17.4. The molecule has 24 heavy (non-hydrogen) atoms. The van der Waals surface area contributed by atoms with Crippen LogP contribution in [0.1, 0.15) is 6.42 Å². The predicted molar refractivity (Wildman–Crippen MR) is 99.8 cm³/mol. The summed E-state index contributed by atoms with van der Waals surface area (Å²) in [5.74, 6) is 1.39. The minimum atomic E-state index is 0.339. The van der Waals surface area contributed by atoms with E-state index in [-0.39, 0.29) is 0 Å². The van der Waals surface area contributed by atoms with Crippen LogP contribution in [0.15, 0.2) is 48.5 Å². The van der Waals surface area contributed by atoms with Gasteiger partial charge in [0.1, 0.15) is 11.5 Å². The highest BCUT2D eigenvalue weighted by Gasteiger charge is 2.17. The van der Waals surface area contributed by atoms with Gasteiger partial charge in [-0.1, -0.05) is 24.3 Å². The van der Waals surface area contributed by atoms with E-state index in [9.17, 15) is 0 Å². The van der Waals surface area contributed by atoms with Gasteiger partial charge in [-0.15, -0.1) is 0 Å². The Labute approximate surface area is 147 Å². The highest BCUT2D eigenvalue weighted by Crippen LogP contribution is 2.30. The van der Waals surface area contributed by atoms with Crippen LogP contribution < -0.4 is 19.7 Å². The van der Waals surface area contributed by atoms with Crippen molar-refractivity contribution in [1.29, 1.82) is 5.26 Å². The number of para-hydroxylation sites is 4. The fourth-order valence-corrected chi connectivity index (χ4v) is 2.58. The molecule has 0 spiro atoms. The molecule has 0 aliphatic carbocycles. The summed E-state index contributed by atoms with van der Waals surface area (Å²) in [5, 5.41) is 12.6. The molecule has 124 valence electrons. The molecule has 0 heterocycles. The van der Waals surface area contributed by atoms with Crippen molar-refractivity contribution in [2.75, 3.05) is 31.0 Å². The summed E-state index contributed by atoms with van der Waals surface area (Å²) >= 11 is 5.56. The first-order chi connectivity index (χ1) is 11.7. The number of benzene rings is 2. The summed E-state index contributed by atoms with van der Waals surface area (Å²) in [6.45, 7) is 0.456. The van der Waals surface area contributed by atoms with Gasteiger partial charge in [0.2, 0.25) is 0 Å². The van der Waals surface area contributed by atoms with Gasteiger partial charge in [-0.2, -0.15) is 5.26 Å². The van der Waals surface area contributed by atoms with Crippen LogP contribution in [0, 0.1) is 11.3 Å². The molecule has 0 bridgehead atoms. The topological polar surface area (TPSA) is 57.5 Å². The average molecular weight is 341 g/mol. The molecule has 5 nitrogen and oxygen atoms in total. The Morgan fingerprint density at radius 3 is 2.38 bits per heavy atom. The van der Waals surface area contributed by atoms with Crippen LogP contribution in [0.4, 0.5) is 11.4 Å². The Balaban J connectivity index is 2.30. The monoisotopic (exact) mass is 341 g/mol. The molecule has 0 fully saturated rings. The molecule has 0 saturated carbocycles. The van der Waals surface area contributed by atoms with Gasteiger partial charge in [-0.3, -0.25) is 0 Å². The number of nitrogens with zero attached hydrogens (tertiary/aromatic N) is 2. The second kappa shape index (κ2) is 8.75. The van der Waals surface area contributed by atoms with E-state index in [1.807, 2.05) is 53.4 Å². The molecule has 0 aliphatic rings. The van der Waals surface area contributed by atoms with E-state index in [1.165, 1.54) is 0 Å². The third-order valence-corrected chi connectivity index (χ3v) is 3.74. The summed E-state index contributed by atoms with van der Waals surface area (Å²) in [4.78, 5) is 1.85. The molecule has 2 aromatic carbocycles. The molecule has 0 radical (unpaired) electrons. The fraction of sp³-hybridized carbons (Fsp3) is 0.222. The summed E-state index contributed by atoms with van der Waals surface area (Å²) in [6.07, 6.45) is 0.339. The number of nitriles is 1. The first kappa shape index (κ1) is 17.6. The highest BCUT2D eigenvalue weighted by molar-refractivity contribution is 7.80. The first-order valence-electron chi connectivity index (χ1n) is 7.42. The van der Waals surface area contributed by atoms with Crippen molar-refractivity contribution in [1.82, 2.24) is 0 Å². The van der Waals surface area contributed by atoms with Crippen LogP contribution >= 0.6 is 12.2 Å². The number of methoxy groups -OCH3 is 2. The fourth-order valence-electron chi connectivity index (χ4n) is 2.28. The summed E-state index contributed by atoms with van der Waals surface area (Å²) in [6, 6.07) is 17.2. The van der Waals surface area contributed by atoms with Crippen LogP contribution in [-0.2, 0) is 0 Å². The second-order valence-electron chi connectivity index (χ2n) is 4.86. The molecule has 0 atom stereocenters. The van der Waals surface area contributed by atoms with E-state index in [0.717, 1.165) is 11.4 Å². The number of ether oxygens (including phenoxy) is 2. The van der Waals surface area contributed by atoms with Crippen molar-refractivity contribution in [3.05, 3.63) is 48.5 Å². The maximum atomic E-state index is 8.95. The Kier molecular flexibility index (Phi) is 6.41. The Morgan fingerprint density at radius 2 is 1.71 bits per heavy atom. The quantitative estimate of drug-likeness (QED) is 0.806. The van der Waals surface area contributed by atoms with Gasteiger partial charge in [0.05, 0.1) is 38.1 Å². The number of thiocarbonyl (C=S) groups is 1. The van der Waals surface area contributed by atoms with Gasteiger partial charge in [0.25, 0.3) is 0 Å². The molecule has 0 aromatic heterocycles. The zero-order valence-electron chi connectivity index (χ0n) is 13.7. The lowest BCUT2D eigenvalue weighted by molar-refractivity contribution is 0.415. The normalized spacial score (nSPS) is 9.71.